The number of rotatable bonds is 7. The maximum atomic E-state index is 12.4. The summed E-state index contributed by atoms with van der Waals surface area (Å²) in [6.07, 6.45) is 2.99. The zero-order valence-electron chi connectivity index (χ0n) is 14.0. The van der Waals surface area contributed by atoms with Crippen LogP contribution in [0.4, 0.5) is 11.4 Å². The minimum absolute atomic E-state index is 0.0952. The number of ether oxygens (including phenoxy) is 1. The van der Waals surface area contributed by atoms with Crippen LogP contribution in [0.2, 0.25) is 0 Å². The predicted octanol–water partition coefficient (Wildman–Crippen LogP) is 4.47. The summed E-state index contributed by atoms with van der Waals surface area (Å²) in [7, 11) is 0. The molecular formula is C19H14BrN3O4. The maximum Gasteiger partial charge on any atom is 0.269 e. The SMILES string of the molecule is C=CCOc1ccc(Br)cc1C=C(C#N)C(=O)Nc1ccc([N+](=O)[O-])cc1. The monoisotopic (exact) mass is 427 g/mol. The molecule has 0 aromatic heterocycles. The van der Waals surface area contributed by atoms with E-state index in [0.717, 1.165) is 4.47 Å². The van der Waals surface area contributed by atoms with E-state index in [0.29, 0.717) is 17.0 Å². The Labute approximate surface area is 163 Å². The smallest absolute Gasteiger partial charge is 0.269 e. The zero-order chi connectivity index (χ0) is 19.8. The normalized spacial score (nSPS) is 10.6. The molecule has 27 heavy (non-hydrogen) atoms. The molecular weight excluding hydrogens is 414 g/mol. The van der Waals surface area contributed by atoms with Crippen molar-refractivity contribution in [3.05, 3.63) is 80.8 Å². The van der Waals surface area contributed by atoms with Crippen LogP contribution < -0.4 is 10.1 Å². The minimum Gasteiger partial charge on any atom is -0.489 e. The average Bonchev–Trinajstić information content (AvgIpc) is 2.65. The first-order chi connectivity index (χ1) is 12.9. The topological polar surface area (TPSA) is 105 Å². The number of nitrogens with zero attached hydrogens (tertiary/aromatic N) is 2. The number of hydrogen-bond donors (Lipinski definition) is 1. The molecule has 8 heteroatoms. The third-order valence-corrected chi connectivity index (χ3v) is 3.82. The van der Waals surface area contributed by atoms with Crippen molar-refractivity contribution in [1.29, 1.82) is 5.26 Å². The molecule has 136 valence electrons. The van der Waals surface area contributed by atoms with Gasteiger partial charge in [-0.3, -0.25) is 14.9 Å². The third-order valence-electron chi connectivity index (χ3n) is 3.33. The van der Waals surface area contributed by atoms with E-state index in [1.54, 1.807) is 24.3 Å². The number of nitrogens with one attached hydrogen (secondary N) is 1. The van der Waals surface area contributed by atoms with Gasteiger partial charge in [0.1, 0.15) is 24.0 Å². The Morgan fingerprint density at radius 2 is 2.04 bits per heavy atom. The van der Waals surface area contributed by atoms with Gasteiger partial charge in [-0.05, 0) is 36.4 Å². The van der Waals surface area contributed by atoms with Gasteiger partial charge >= 0.3 is 0 Å². The van der Waals surface area contributed by atoms with Crippen molar-refractivity contribution in [2.45, 2.75) is 0 Å². The highest BCUT2D eigenvalue weighted by atomic mass is 79.9. The summed E-state index contributed by atoms with van der Waals surface area (Å²) < 4.78 is 6.29. The zero-order valence-corrected chi connectivity index (χ0v) is 15.6. The maximum absolute atomic E-state index is 12.4. The predicted molar refractivity (Wildman–Crippen MR) is 105 cm³/mol. The number of nitro benzene ring substituents is 1. The van der Waals surface area contributed by atoms with Crippen LogP contribution in [0.1, 0.15) is 5.56 Å². The average molecular weight is 428 g/mol. The molecule has 2 rings (SSSR count). The lowest BCUT2D eigenvalue weighted by Crippen LogP contribution is -2.13. The summed E-state index contributed by atoms with van der Waals surface area (Å²) in [6.45, 7) is 3.86. The van der Waals surface area contributed by atoms with Crippen LogP contribution >= 0.6 is 15.9 Å². The Morgan fingerprint density at radius 1 is 1.33 bits per heavy atom. The van der Waals surface area contributed by atoms with Crippen LogP contribution in [0, 0.1) is 21.4 Å². The van der Waals surface area contributed by atoms with Gasteiger partial charge in [0.05, 0.1) is 4.92 Å². The second kappa shape index (κ2) is 9.31. The summed E-state index contributed by atoms with van der Waals surface area (Å²) in [5.41, 5.74) is 0.642. The number of carbonyl (C=O) groups is 1. The van der Waals surface area contributed by atoms with E-state index < -0.39 is 10.8 Å². The van der Waals surface area contributed by atoms with Crippen molar-refractivity contribution in [3.8, 4) is 11.8 Å². The second-order valence-electron chi connectivity index (χ2n) is 5.21. The van der Waals surface area contributed by atoms with E-state index in [4.69, 9.17) is 4.74 Å². The molecule has 0 aliphatic heterocycles. The van der Waals surface area contributed by atoms with Crippen LogP contribution in [0.25, 0.3) is 6.08 Å². The number of nitriles is 1. The molecule has 0 aliphatic rings. The molecule has 1 N–H and O–H groups in total. The number of hydrogen-bond acceptors (Lipinski definition) is 5. The molecule has 0 radical (unpaired) electrons. The van der Waals surface area contributed by atoms with Gasteiger partial charge in [0.15, 0.2) is 0 Å². The quantitative estimate of drug-likeness (QED) is 0.230. The number of amides is 1. The first kappa shape index (κ1) is 19.9. The number of anilines is 1. The summed E-state index contributed by atoms with van der Waals surface area (Å²) in [5, 5.41) is 22.6. The molecule has 0 unspecified atom stereocenters. The van der Waals surface area contributed by atoms with Gasteiger partial charge in [-0.1, -0.05) is 28.6 Å². The number of non-ortho nitro benzene ring substituents is 1. The summed E-state index contributed by atoms with van der Waals surface area (Å²) in [5.74, 6) is -0.144. The lowest BCUT2D eigenvalue weighted by molar-refractivity contribution is -0.384. The van der Waals surface area contributed by atoms with Crippen molar-refractivity contribution >= 4 is 39.3 Å². The molecule has 0 heterocycles. The van der Waals surface area contributed by atoms with E-state index >= 15 is 0 Å². The summed E-state index contributed by atoms with van der Waals surface area (Å²) in [4.78, 5) is 22.5. The molecule has 2 aromatic carbocycles. The molecule has 1 amide bonds. The lowest BCUT2D eigenvalue weighted by Gasteiger charge is -2.09. The molecule has 0 saturated heterocycles. The van der Waals surface area contributed by atoms with Crippen LogP contribution in [0.15, 0.2) is 65.2 Å². The van der Waals surface area contributed by atoms with Crippen LogP contribution in [0.3, 0.4) is 0 Å². The largest absolute Gasteiger partial charge is 0.489 e. The summed E-state index contributed by atoms with van der Waals surface area (Å²) in [6, 6.07) is 12.4. The van der Waals surface area contributed by atoms with E-state index in [9.17, 15) is 20.2 Å². The standard InChI is InChI=1S/C19H14BrN3O4/c1-2-9-27-18-8-3-15(20)11-13(18)10-14(12-21)19(24)22-16-4-6-17(7-5-16)23(25)26/h2-8,10-11H,1,9H2,(H,22,24). The first-order valence-electron chi connectivity index (χ1n) is 7.65. The van der Waals surface area contributed by atoms with Gasteiger partial charge in [-0.25, -0.2) is 0 Å². The molecule has 0 fully saturated rings. The van der Waals surface area contributed by atoms with Crippen LogP contribution in [-0.2, 0) is 4.79 Å². The highest BCUT2D eigenvalue weighted by Gasteiger charge is 2.13. The van der Waals surface area contributed by atoms with Gasteiger partial charge in [-0.15, -0.1) is 0 Å². The molecule has 0 aliphatic carbocycles. The molecule has 7 nitrogen and oxygen atoms in total. The molecule has 0 bridgehead atoms. The number of benzene rings is 2. The highest BCUT2D eigenvalue weighted by Crippen LogP contribution is 2.26. The number of halogens is 1. The number of carbonyl (C=O) groups excluding carboxylic acids is 1. The van der Waals surface area contributed by atoms with E-state index in [-0.39, 0.29) is 17.9 Å². The van der Waals surface area contributed by atoms with Crippen molar-refractivity contribution in [3.63, 3.8) is 0 Å². The third kappa shape index (κ3) is 5.52. The summed E-state index contributed by atoms with van der Waals surface area (Å²) >= 11 is 3.34. The molecule has 0 saturated carbocycles. The van der Waals surface area contributed by atoms with Crippen molar-refractivity contribution < 1.29 is 14.5 Å². The fraction of sp³-hybridized carbons (Fsp3) is 0.0526. The Balaban J connectivity index is 2.26. The van der Waals surface area contributed by atoms with E-state index in [1.165, 1.54) is 30.3 Å². The van der Waals surface area contributed by atoms with Crippen LogP contribution in [0.5, 0.6) is 5.75 Å². The van der Waals surface area contributed by atoms with Crippen LogP contribution in [-0.4, -0.2) is 17.4 Å². The second-order valence-corrected chi connectivity index (χ2v) is 6.13. The Hall–Kier alpha value is -3.44. The fourth-order valence-corrected chi connectivity index (χ4v) is 2.46. The minimum atomic E-state index is -0.638. The van der Waals surface area contributed by atoms with Gasteiger partial charge in [0.2, 0.25) is 0 Å². The van der Waals surface area contributed by atoms with Crippen molar-refractivity contribution in [1.82, 2.24) is 0 Å². The van der Waals surface area contributed by atoms with E-state index in [2.05, 4.69) is 27.8 Å². The number of nitro groups is 1. The van der Waals surface area contributed by atoms with Gasteiger partial charge in [-0.2, -0.15) is 5.26 Å². The van der Waals surface area contributed by atoms with Crippen molar-refractivity contribution in [2.24, 2.45) is 0 Å². The Kier molecular flexibility index (Phi) is 6.86. The van der Waals surface area contributed by atoms with E-state index in [1.807, 2.05) is 6.07 Å². The van der Waals surface area contributed by atoms with Crippen molar-refractivity contribution in [2.75, 3.05) is 11.9 Å². The van der Waals surface area contributed by atoms with Gasteiger partial charge < -0.3 is 10.1 Å². The van der Waals surface area contributed by atoms with Gasteiger partial charge in [0, 0.05) is 27.9 Å². The lowest BCUT2D eigenvalue weighted by atomic mass is 10.1. The first-order valence-corrected chi connectivity index (χ1v) is 8.44. The highest BCUT2D eigenvalue weighted by molar-refractivity contribution is 9.10. The Morgan fingerprint density at radius 3 is 2.63 bits per heavy atom. The fourth-order valence-electron chi connectivity index (χ4n) is 2.08. The Bertz CT molecular complexity index is 946. The van der Waals surface area contributed by atoms with Gasteiger partial charge in [0.25, 0.3) is 11.6 Å². The molecule has 2 aromatic rings. The molecule has 0 atom stereocenters. The molecule has 0 spiro atoms.